The standard InChI is InChI=1S/C17H23N5O3/c1-11(2)15-13(8-18-17-19-10-20-22(15)17)16(24)25-9-14(23)21-12-6-4-3-5-7-12/h8,10-12H,3-7,9H2,1-2H3,(H,21,23). The molecule has 1 amide bonds. The molecule has 25 heavy (non-hydrogen) atoms. The topological polar surface area (TPSA) is 98.5 Å². The molecule has 2 aromatic rings. The van der Waals surface area contributed by atoms with E-state index in [9.17, 15) is 9.59 Å². The number of carbonyl (C=O) groups excluding carboxylic acids is 2. The lowest BCUT2D eigenvalue weighted by Gasteiger charge is -2.22. The SMILES string of the molecule is CC(C)c1c(C(=O)OCC(=O)NC2CCCCC2)cnc2ncnn12. The summed E-state index contributed by atoms with van der Waals surface area (Å²) in [6.07, 6.45) is 8.28. The molecule has 0 spiro atoms. The number of esters is 1. The van der Waals surface area contributed by atoms with Crippen LogP contribution in [0.1, 0.15) is 67.9 Å². The summed E-state index contributed by atoms with van der Waals surface area (Å²) in [5, 5.41) is 7.04. The van der Waals surface area contributed by atoms with Crippen LogP contribution >= 0.6 is 0 Å². The number of ether oxygens (including phenoxy) is 1. The first-order chi connectivity index (χ1) is 12.1. The van der Waals surface area contributed by atoms with Gasteiger partial charge < -0.3 is 10.1 Å². The van der Waals surface area contributed by atoms with Crippen LogP contribution in [0.4, 0.5) is 0 Å². The van der Waals surface area contributed by atoms with E-state index in [2.05, 4.69) is 20.4 Å². The zero-order chi connectivity index (χ0) is 17.8. The molecule has 1 fully saturated rings. The maximum Gasteiger partial charge on any atom is 0.342 e. The van der Waals surface area contributed by atoms with Gasteiger partial charge in [0.1, 0.15) is 6.33 Å². The van der Waals surface area contributed by atoms with Crippen molar-refractivity contribution in [3.63, 3.8) is 0 Å². The highest BCUT2D eigenvalue weighted by atomic mass is 16.5. The van der Waals surface area contributed by atoms with E-state index in [4.69, 9.17) is 4.74 Å². The van der Waals surface area contributed by atoms with Gasteiger partial charge in [-0.3, -0.25) is 4.79 Å². The van der Waals surface area contributed by atoms with E-state index in [1.54, 1.807) is 0 Å². The highest BCUT2D eigenvalue weighted by Crippen LogP contribution is 2.20. The van der Waals surface area contributed by atoms with E-state index in [0.717, 1.165) is 25.7 Å². The first kappa shape index (κ1) is 17.3. The second-order valence-electron chi connectivity index (χ2n) is 6.66. The first-order valence-corrected chi connectivity index (χ1v) is 8.71. The molecule has 1 aliphatic rings. The molecule has 0 aliphatic heterocycles. The van der Waals surface area contributed by atoms with E-state index in [-0.39, 0.29) is 24.5 Å². The number of rotatable bonds is 5. The Morgan fingerprint density at radius 1 is 1.28 bits per heavy atom. The van der Waals surface area contributed by atoms with E-state index in [0.29, 0.717) is 17.0 Å². The summed E-state index contributed by atoms with van der Waals surface area (Å²) >= 11 is 0. The van der Waals surface area contributed by atoms with Gasteiger partial charge in [-0.05, 0) is 18.8 Å². The molecule has 8 nitrogen and oxygen atoms in total. The predicted molar refractivity (Wildman–Crippen MR) is 90.2 cm³/mol. The molecule has 0 bridgehead atoms. The highest BCUT2D eigenvalue weighted by molar-refractivity contribution is 5.92. The van der Waals surface area contributed by atoms with Crippen LogP contribution in [0.3, 0.4) is 0 Å². The zero-order valence-corrected chi connectivity index (χ0v) is 14.6. The number of fused-ring (bicyclic) bond motifs is 1. The van der Waals surface area contributed by atoms with Gasteiger partial charge in [-0.2, -0.15) is 10.1 Å². The summed E-state index contributed by atoms with van der Waals surface area (Å²) < 4.78 is 6.73. The Balaban J connectivity index is 1.65. The Morgan fingerprint density at radius 3 is 2.76 bits per heavy atom. The Bertz CT molecular complexity index is 765. The van der Waals surface area contributed by atoms with E-state index in [1.165, 1.54) is 23.5 Å². The van der Waals surface area contributed by atoms with Crippen LogP contribution in [0, 0.1) is 0 Å². The minimum absolute atomic E-state index is 0.0193. The smallest absolute Gasteiger partial charge is 0.342 e. The van der Waals surface area contributed by atoms with Crippen molar-refractivity contribution in [2.45, 2.75) is 57.9 Å². The number of carbonyl (C=O) groups is 2. The molecule has 2 aromatic heterocycles. The van der Waals surface area contributed by atoms with Crippen LogP contribution in [0.25, 0.3) is 5.78 Å². The fraction of sp³-hybridized carbons (Fsp3) is 0.588. The monoisotopic (exact) mass is 345 g/mol. The van der Waals surface area contributed by atoms with Gasteiger partial charge in [-0.25, -0.2) is 14.3 Å². The molecular weight excluding hydrogens is 322 g/mol. The number of aromatic nitrogens is 4. The maximum atomic E-state index is 12.4. The summed E-state index contributed by atoms with van der Waals surface area (Å²) in [7, 11) is 0. The van der Waals surface area contributed by atoms with Crippen molar-refractivity contribution in [2.75, 3.05) is 6.61 Å². The number of amides is 1. The third-order valence-corrected chi connectivity index (χ3v) is 4.41. The molecule has 8 heteroatoms. The van der Waals surface area contributed by atoms with Gasteiger partial charge in [0.15, 0.2) is 6.61 Å². The molecule has 1 N–H and O–H groups in total. The molecule has 3 rings (SSSR count). The maximum absolute atomic E-state index is 12.4. The number of hydrogen-bond donors (Lipinski definition) is 1. The molecule has 0 unspecified atom stereocenters. The van der Waals surface area contributed by atoms with Crippen LogP contribution < -0.4 is 5.32 Å². The van der Waals surface area contributed by atoms with Gasteiger partial charge >= 0.3 is 5.97 Å². The number of nitrogens with one attached hydrogen (secondary N) is 1. The third kappa shape index (κ3) is 3.94. The van der Waals surface area contributed by atoms with E-state index in [1.807, 2.05) is 13.8 Å². The van der Waals surface area contributed by atoms with Gasteiger partial charge in [0.2, 0.25) is 0 Å². The molecular formula is C17H23N5O3. The van der Waals surface area contributed by atoms with Gasteiger partial charge in [-0.1, -0.05) is 33.1 Å². The summed E-state index contributed by atoms with van der Waals surface area (Å²) in [6.45, 7) is 3.61. The lowest BCUT2D eigenvalue weighted by atomic mass is 9.95. The predicted octanol–water partition coefficient (Wildman–Crippen LogP) is 1.85. The van der Waals surface area contributed by atoms with Gasteiger partial charge in [0, 0.05) is 12.2 Å². The minimum Gasteiger partial charge on any atom is -0.452 e. The summed E-state index contributed by atoms with van der Waals surface area (Å²) in [4.78, 5) is 32.6. The lowest BCUT2D eigenvalue weighted by molar-refractivity contribution is -0.125. The van der Waals surface area contributed by atoms with Crippen LogP contribution in [-0.4, -0.2) is 44.1 Å². The van der Waals surface area contributed by atoms with E-state index >= 15 is 0 Å². The van der Waals surface area contributed by atoms with Crippen molar-refractivity contribution >= 4 is 17.7 Å². The molecule has 1 saturated carbocycles. The number of hydrogen-bond acceptors (Lipinski definition) is 6. The van der Waals surface area contributed by atoms with Crippen molar-refractivity contribution < 1.29 is 14.3 Å². The first-order valence-electron chi connectivity index (χ1n) is 8.71. The highest BCUT2D eigenvalue weighted by Gasteiger charge is 2.22. The summed E-state index contributed by atoms with van der Waals surface area (Å²) in [5.74, 6) is -0.394. The Labute approximate surface area is 146 Å². The van der Waals surface area contributed by atoms with E-state index < -0.39 is 5.97 Å². The number of nitrogens with zero attached hydrogens (tertiary/aromatic N) is 4. The Morgan fingerprint density at radius 2 is 2.04 bits per heavy atom. The summed E-state index contributed by atoms with van der Waals surface area (Å²) in [6, 6.07) is 0.194. The average Bonchev–Trinajstić information content (AvgIpc) is 3.08. The summed E-state index contributed by atoms with van der Waals surface area (Å²) in [5.41, 5.74) is 0.971. The molecule has 2 heterocycles. The quantitative estimate of drug-likeness (QED) is 0.831. The molecule has 0 saturated heterocycles. The molecule has 1 aliphatic carbocycles. The van der Waals surface area contributed by atoms with Crippen LogP contribution in [0.5, 0.6) is 0 Å². The fourth-order valence-corrected chi connectivity index (χ4v) is 3.23. The Hall–Kier alpha value is -2.51. The molecule has 0 aromatic carbocycles. The van der Waals surface area contributed by atoms with Gasteiger partial charge in [0.25, 0.3) is 11.7 Å². The van der Waals surface area contributed by atoms with Crippen molar-refractivity contribution in [3.05, 3.63) is 23.8 Å². The Kier molecular flexibility index (Phi) is 5.25. The average molecular weight is 345 g/mol. The lowest BCUT2D eigenvalue weighted by Crippen LogP contribution is -2.38. The van der Waals surface area contributed by atoms with Crippen LogP contribution in [-0.2, 0) is 9.53 Å². The zero-order valence-electron chi connectivity index (χ0n) is 14.6. The van der Waals surface area contributed by atoms with Crippen molar-refractivity contribution in [1.29, 1.82) is 0 Å². The second kappa shape index (κ2) is 7.58. The largest absolute Gasteiger partial charge is 0.452 e. The third-order valence-electron chi connectivity index (χ3n) is 4.41. The minimum atomic E-state index is -0.576. The van der Waals surface area contributed by atoms with Gasteiger partial charge in [0.05, 0.1) is 11.3 Å². The van der Waals surface area contributed by atoms with Crippen molar-refractivity contribution in [3.8, 4) is 0 Å². The van der Waals surface area contributed by atoms with Crippen molar-refractivity contribution in [1.82, 2.24) is 24.9 Å². The molecule has 134 valence electrons. The van der Waals surface area contributed by atoms with Gasteiger partial charge in [-0.15, -0.1) is 0 Å². The van der Waals surface area contributed by atoms with Crippen molar-refractivity contribution in [2.24, 2.45) is 0 Å². The van der Waals surface area contributed by atoms with Crippen LogP contribution in [0.15, 0.2) is 12.5 Å². The normalized spacial score (nSPS) is 15.5. The molecule has 0 atom stereocenters. The second-order valence-corrected chi connectivity index (χ2v) is 6.66. The van der Waals surface area contributed by atoms with Crippen LogP contribution in [0.2, 0.25) is 0 Å². The molecule has 0 radical (unpaired) electrons. The fourth-order valence-electron chi connectivity index (χ4n) is 3.23.